The van der Waals surface area contributed by atoms with E-state index in [1.165, 1.54) is 0 Å². The minimum Gasteiger partial charge on any atom is -0.438 e. The van der Waals surface area contributed by atoms with E-state index in [-0.39, 0.29) is 0 Å². The summed E-state index contributed by atoms with van der Waals surface area (Å²) >= 11 is 0. The summed E-state index contributed by atoms with van der Waals surface area (Å²) in [4.78, 5) is 8.49. The third kappa shape index (κ3) is 2.46. The number of ether oxygens (including phenoxy) is 1. The van der Waals surface area contributed by atoms with Gasteiger partial charge in [-0.3, -0.25) is 4.98 Å². The summed E-state index contributed by atoms with van der Waals surface area (Å²) in [5.74, 6) is 1.21. The van der Waals surface area contributed by atoms with E-state index >= 15 is 0 Å². The van der Waals surface area contributed by atoms with Crippen LogP contribution in [0.1, 0.15) is 18.6 Å². The number of rotatable bonds is 3. The van der Waals surface area contributed by atoms with Crippen LogP contribution in [0.25, 0.3) is 10.9 Å². The van der Waals surface area contributed by atoms with Crippen LogP contribution < -0.4 is 4.74 Å². The molecule has 0 aliphatic rings. The quantitative estimate of drug-likeness (QED) is 0.788. The van der Waals surface area contributed by atoms with Gasteiger partial charge in [-0.2, -0.15) is 0 Å². The fraction of sp³-hybridized carbons (Fsp3) is 0.125. The first-order valence-corrected chi connectivity index (χ1v) is 6.39. The zero-order chi connectivity index (χ0) is 13.9. The standard InChI is InChI=1S/C16H14N2O2/c1-11(19)12-7-8-16(18-10-12)20-15-6-2-5-14-13(15)4-3-9-17-14/h2-11,19H,1H3. The van der Waals surface area contributed by atoms with Gasteiger partial charge in [-0.1, -0.05) is 6.07 Å². The Labute approximate surface area is 116 Å². The van der Waals surface area contributed by atoms with E-state index < -0.39 is 6.10 Å². The average Bonchev–Trinajstić information content (AvgIpc) is 2.48. The van der Waals surface area contributed by atoms with E-state index in [1.807, 2.05) is 30.3 Å². The summed E-state index contributed by atoms with van der Waals surface area (Å²) in [5, 5.41) is 10.4. The van der Waals surface area contributed by atoms with Gasteiger partial charge in [0.15, 0.2) is 0 Å². The lowest BCUT2D eigenvalue weighted by Gasteiger charge is -2.09. The number of hydrogen-bond donors (Lipinski definition) is 1. The van der Waals surface area contributed by atoms with Crippen molar-refractivity contribution >= 4 is 10.9 Å². The van der Waals surface area contributed by atoms with E-state index in [4.69, 9.17) is 4.74 Å². The zero-order valence-corrected chi connectivity index (χ0v) is 11.0. The van der Waals surface area contributed by atoms with Crippen molar-refractivity contribution in [2.45, 2.75) is 13.0 Å². The first kappa shape index (κ1) is 12.6. The molecule has 0 fully saturated rings. The minimum absolute atomic E-state index is 0.491. The highest BCUT2D eigenvalue weighted by molar-refractivity contribution is 5.85. The summed E-state index contributed by atoms with van der Waals surface area (Å²) in [6.45, 7) is 1.70. The van der Waals surface area contributed by atoms with Gasteiger partial charge < -0.3 is 9.84 Å². The molecule has 3 rings (SSSR count). The van der Waals surface area contributed by atoms with Crippen LogP contribution in [0.5, 0.6) is 11.6 Å². The van der Waals surface area contributed by atoms with Crippen molar-refractivity contribution in [3.63, 3.8) is 0 Å². The second-order valence-electron chi connectivity index (χ2n) is 4.53. The van der Waals surface area contributed by atoms with Gasteiger partial charge in [0.2, 0.25) is 5.88 Å². The van der Waals surface area contributed by atoms with Crippen molar-refractivity contribution in [2.24, 2.45) is 0 Å². The van der Waals surface area contributed by atoms with Crippen LogP contribution in [0.2, 0.25) is 0 Å². The molecule has 3 aromatic rings. The average molecular weight is 266 g/mol. The zero-order valence-electron chi connectivity index (χ0n) is 11.0. The number of pyridine rings is 2. The lowest BCUT2D eigenvalue weighted by molar-refractivity contribution is 0.198. The monoisotopic (exact) mass is 266 g/mol. The molecule has 1 aromatic carbocycles. The van der Waals surface area contributed by atoms with E-state index in [9.17, 15) is 5.11 Å². The van der Waals surface area contributed by atoms with Gasteiger partial charge in [-0.25, -0.2) is 4.98 Å². The van der Waals surface area contributed by atoms with Crippen molar-refractivity contribution < 1.29 is 9.84 Å². The molecule has 2 heterocycles. The molecule has 0 aliphatic heterocycles. The number of fused-ring (bicyclic) bond motifs is 1. The third-order valence-electron chi connectivity index (χ3n) is 3.06. The first-order chi connectivity index (χ1) is 9.74. The molecule has 0 saturated carbocycles. The van der Waals surface area contributed by atoms with Crippen LogP contribution in [0, 0.1) is 0 Å². The van der Waals surface area contributed by atoms with Crippen LogP contribution in [-0.2, 0) is 0 Å². The van der Waals surface area contributed by atoms with Gasteiger partial charge in [-0.05, 0) is 42.8 Å². The van der Waals surface area contributed by atoms with Gasteiger partial charge in [0.25, 0.3) is 0 Å². The van der Waals surface area contributed by atoms with Crippen molar-refractivity contribution in [2.75, 3.05) is 0 Å². The second kappa shape index (κ2) is 5.27. The van der Waals surface area contributed by atoms with Crippen molar-refractivity contribution in [3.8, 4) is 11.6 Å². The van der Waals surface area contributed by atoms with Gasteiger partial charge in [0.1, 0.15) is 5.75 Å². The Bertz CT molecular complexity index is 719. The number of aromatic nitrogens is 2. The molecule has 1 unspecified atom stereocenters. The Kier molecular flexibility index (Phi) is 3.31. The Balaban J connectivity index is 1.93. The van der Waals surface area contributed by atoms with E-state index in [1.54, 1.807) is 31.5 Å². The molecule has 4 heteroatoms. The third-order valence-corrected chi connectivity index (χ3v) is 3.06. The highest BCUT2D eigenvalue weighted by atomic mass is 16.5. The summed E-state index contributed by atoms with van der Waals surface area (Å²) in [5.41, 5.74) is 1.64. The summed E-state index contributed by atoms with van der Waals surface area (Å²) in [7, 11) is 0. The van der Waals surface area contributed by atoms with Crippen LogP contribution in [-0.4, -0.2) is 15.1 Å². The van der Waals surface area contributed by atoms with E-state index in [2.05, 4.69) is 9.97 Å². The van der Waals surface area contributed by atoms with Gasteiger partial charge in [-0.15, -0.1) is 0 Å². The van der Waals surface area contributed by atoms with Crippen molar-refractivity contribution in [3.05, 3.63) is 60.4 Å². The number of aliphatic hydroxyl groups excluding tert-OH is 1. The maximum atomic E-state index is 9.46. The second-order valence-corrected chi connectivity index (χ2v) is 4.53. The molecule has 0 spiro atoms. The summed E-state index contributed by atoms with van der Waals surface area (Å²) in [6, 6.07) is 13.1. The molecule has 0 amide bonds. The predicted molar refractivity (Wildman–Crippen MR) is 76.7 cm³/mol. The number of aliphatic hydroxyl groups is 1. The maximum Gasteiger partial charge on any atom is 0.219 e. The Hall–Kier alpha value is -2.46. The van der Waals surface area contributed by atoms with Gasteiger partial charge in [0, 0.05) is 23.8 Å². The highest BCUT2D eigenvalue weighted by Gasteiger charge is 2.06. The summed E-state index contributed by atoms with van der Waals surface area (Å²) in [6.07, 6.45) is 2.84. The van der Waals surface area contributed by atoms with Gasteiger partial charge in [0.05, 0.1) is 11.6 Å². The molecule has 4 nitrogen and oxygen atoms in total. The van der Waals surface area contributed by atoms with Crippen LogP contribution >= 0.6 is 0 Å². The SMILES string of the molecule is CC(O)c1ccc(Oc2cccc3ncccc23)nc1. The fourth-order valence-electron chi connectivity index (χ4n) is 1.98. The lowest BCUT2D eigenvalue weighted by atomic mass is 10.2. The largest absolute Gasteiger partial charge is 0.438 e. The number of hydrogen-bond acceptors (Lipinski definition) is 4. The predicted octanol–water partition coefficient (Wildman–Crippen LogP) is 3.48. The Morgan fingerprint density at radius 1 is 1.05 bits per heavy atom. The van der Waals surface area contributed by atoms with Gasteiger partial charge >= 0.3 is 0 Å². The normalized spacial score (nSPS) is 12.3. The van der Waals surface area contributed by atoms with E-state index in [0.29, 0.717) is 11.6 Å². The molecule has 0 saturated heterocycles. The van der Waals surface area contributed by atoms with Crippen LogP contribution in [0.15, 0.2) is 54.9 Å². The molecular formula is C16H14N2O2. The maximum absolute atomic E-state index is 9.46. The topological polar surface area (TPSA) is 55.2 Å². The van der Waals surface area contributed by atoms with Crippen LogP contribution in [0.3, 0.4) is 0 Å². The number of nitrogens with zero attached hydrogens (tertiary/aromatic N) is 2. The van der Waals surface area contributed by atoms with E-state index in [0.717, 1.165) is 16.5 Å². The molecule has 0 bridgehead atoms. The lowest BCUT2D eigenvalue weighted by Crippen LogP contribution is -1.94. The molecule has 20 heavy (non-hydrogen) atoms. The molecule has 2 aromatic heterocycles. The molecular weight excluding hydrogens is 252 g/mol. The van der Waals surface area contributed by atoms with Crippen LogP contribution in [0.4, 0.5) is 0 Å². The molecule has 1 atom stereocenters. The van der Waals surface area contributed by atoms with Crippen molar-refractivity contribution in [1.82, 2.24) is 9.97 Å². The van der Waals surface area contributed by atoms with Crippen molar-refractivity contribution in [1.29, 1.82) is 0 Å². The molecule has 1 N–H and O–H groups in total. The molecule has 100 valence electrons. The highest BCUT2D eigenvalue weighted by Crippen LogP contribution is 2.28. The number of benzene rings is 1. The summed E-state index contributed by atoms with van der Waals surface area (Å²) < 4.78 is 5.79. The first-order valence-electron chi connectivity index (χ1n) is 6.39. The Morgan fingerprint density at radius 3 is 2.70 bits per heavy atom. The Morgan fingerprint density at radius 2 is 1.95 bits per heavy atom. The minimum atomic E-state index is -0.529. The molecule has 0 radical (unpaired) electrons. The molecule has 0 aliphatic carbocycles. The smallest absolute Gasteiger partial charge is 0.219 e. The fourth-order valence-corrected chi connectivity index (χ4v) is 1.98.